The van der Waals surface area contributed by atoms with Crippen LogP contribution in [0.15, 0.2) is 47.3 Å². The van der Waals surface area contributed by atoms with Gasteiger partial charge in [0, 0.05) is 31.9 Å². The number of nitrogen functional groups attached to an aromatic ring is 1. The SMILES string of the molecule is Cc1ccc2oc(NC(=O)c3cn(C4CN(C(=O)/C=C/CN(C)C)C4)c4ncnc(N)c34)nc2c1. The molecule has 35 heavy (non-hydrogen) atoms. The molecule has 0 spiro atoms. The van der Waals surface area contributed by atoms with Crippen molar-refractivity contribution in [2.24, 2.45) is 0 Å². The minimum Gasteiger partial charge on any atom is -0.423 e. The van der Waals surface area contributed by atoms with E-state index >= 15 is 0 Å². The zero-order valence-electron chi connectivity index (χ0n) is 19.7. The predicted octanol–water partition coefficient (Wildman–Crippen LogP) is 2.22. The second kappa shape index (κ2) is 8.84. The fourth-order valence-electron chi connectivity index (χ4n) is 4.10. The minimum absolute atomic E-state index is 0.0353. The molecule has 1 aliphatic heterocycles. The first kappa shape index (κ1) is 22.5. The van der Waals surface area contributed by atoms with Crippen molar-refractivity contribution < 1.29 is 14.0 Å². The fraction of sp³-hybridized carbons (Fsp3) is 0.292. The normalized spacial score (nSPS) is 14.3. The van der Waals surface area contributed by atoms with Crippen molar-refractivity contribution in [2.75, 3.05) is 44.8 Å². The molecule has 1 aromatic carbocycles. The standard InChI is InChI=1S/C24H26N8O3/c1-14-6-7-18-17(9-14)28-24(35-18)29-23(34)16-12-32(22-20(16)21(25)26-13-27-22)15-10-31(11-15)19(33)5-4-8-30(2)3/h4-7,9,12-13,15H,8,10-11H2,1-3H3,(H2,25,26,27)(H,28,29,34)/b5-4+. The highest BCUT2D eigenvalue weighted by Crippen LogP contribution is 2.31. The molecule has 11 heteroatoms. The van der Waals surface area contributed by atoms with E-state index in [1.807, 2.05) is 54.8 Å². The van der Waals surface area contributed by atoms with Gasteiger partial charge in [0.1, 0.15) is 23.3 Å². The predicted molar refractivity (Wildman–Crippen MR) is 132 cm³/mol. The van der Waals surface area contributed by atoms with Crippen molar-refractivity contribution >= 4 is 45.8 Å². The molecule has 0 atom stereocenters. The van der Waals surface area contributed by atoms with Gasteiger partial charge in [-0.15, -0.1) is 0 Å². The summed E-state index contributed by atoms with van der Waals surface area (Å²) in [4.78, 5) is 42.1. The summed E-state index contributed by atoms with van der Waals surface area (Å²) in [5.41, 5.74) is 9.26. The summed E-state index contributed by atoms with van der Waals surface area (Å²) >= 11 is 0. The Morgan fingerprint density at radius 1 is 1.29 bits per heavy atom. The topological polar surface area (TPSA) is 135 Å². The molecule has 0 saturated carbocycles. The van der Waals surface area contributed by atoms with Gasteiger partial charge in [0.15, 0.2) is 5.58 Å². The lowest BCUT2D eigenvalue weighted by Gasteiger charge is -2.39. The number of oxazole rings is 1. The molecule has 1 aliphatic rings. The van der Waals surface area contributed by atoms with E-state index in [1.165, 1.54) is 6.33 Å². The summed E-state index contributed by atoms with van der Waals surface area (Å²) in [5, 5.41) is 3.17. The molecule has 0 aliphatic carbocycles. The highest BCUT2D eigenvalue weighted by atomic mass is 16.4. The van der Waals surface area contributed by atoms with E-state index in [2.05, 4.69) is 20.3 Å². The third kappa shape index (κ3) is 4.33. The molecule has 3 aromatic heterocycles. The molecule has 0 unspecified atom stereocenters. The number of carbonyl (C=O) groups excluding carboxylic acids is 2. The molecule has 2 amide bonds. The van der Waals surface area contributed by atoms with Gasteiger partial charge >= 0.3 is 6.01 Å². The van der Waals surface area contributed by atoms with E-state index in [1.54, 1.807) is 17.2 Å². The van der Waals surface area contributed by atoms with Crippen molar-refractivity contribution in [2.45, 2.75) is 13.0 Å². The number of nitrogens with zero attached hydrogens (tertiary/aromatic N) is 6. The van der Waals surface area contributed by atoms with Crippen LogP contribution in [0.5, 0.6) is 0 Å². The number of aromatic nitrogens is 4. The first-order valence-corrected chi connectivity index (χ1v) is 11.2. The van der Waals surface area contributed by atoms with Gasteiger partial charge in [-0.1, -0.05) is 12.1 Å². The lowest BCUT2D eigenvalue weighted by atomic mass is 10.1. The zero-order chi connectivity index (χ0) is 24.7. The van der Waals surface area contributed by atoms with Crippen LogP contribution < -0.4 is 11.1 Å². The first-order valence-electron chi connectivity index (χ1n) is 11.2. The molecule has 1 fully saturated rings. The number of nitrogens with two attached hydrogens (primary N) is 1. The number of anilines is 2. The van der Waals surface area contributed by atoms with E-state index in [-0.39, 0.29) is 23.8 Å². The summed E-state index contributed by atoms with van der Waals surface area (Å²) in [6.45, 7) is 3.66. The van der Waals surface area contributed by atoms with Crippen LogP contribution in [-0.4, -0.2) is 74.9 Å². The van der Waals surface area contributed by atoms with E-state index in [0.717, 1.165) is 5.56 Å². The summed E-state index contributed by atoms with van der Waals surface area (Å²) < 4.78 is 7.55. The van der Waals surface area contributed by atoms with Gasteiger partial charge in [0.2, 0.25) is 5.91 Å². The number of amides is 2. The molecule has 0 bridgehead atoms. The number of carbonyl (C=O) groups is 2. The Kier molecular flexibility index (Phi) is 5.69. The summed E-state index contributed by atoms with van der Waals surface area (Å²) in [6.07, 6.45) is 6.49. The highest BCUT2D eigenvalue weighted by molar-refractivity contribution is 6.14. The fourth-order valence-corrected chi connectivity index (χ4v) is 4.10. The van der Waals surface area contributed by atoms with Crippen LogP contribution in [0.3, 0.4) is 0 Å². The van der Waals surface area contributed by atoms with Gasteiger partial charge in [-0.3, -0.25) is 14.9 Å². The Bertz CT molecular complexity index is 1460. The van der Waals surface area contributed by atoms with E-state index < -0.39 is 5.91 Å². The quantitative estimate of drug-likeness (QED) is 0.406. The Morgan fingerprint density at radius 3 is 2.86 bits per heavy atom. The van der Waals surface area contributed by atoms with Crippen molar-refractivity contribution in [3.8, 4) is 0 Å². The van der Waals surface area contributed by atoms with Crippen LogP contribution in [-0.2, 0) is 4.79 Å². The van der Waals surface area contributed by atoms with Crippen molar-refractivity contribution in [1.82, 2.24) is 29.3 Å². The number of aryl methyl sites for hydroxylation is 1. The number of likely N-dealkylation sites (tertiary alicyclic amines) is 1. The Hall–Kier alpha value is -4.25. The molecule has 5 rings (SSSR count). The van der Waals surface area contributed by atoms with Crippen LogP contribution in [0, 0.1) is 6.92 Å². The minimum atomic E-state index is -0.433. The number of rotatable bonds is 6. The average Bonchev–Trinajstić information content (AvgIpc) is 3.34. The molecule has 4 heterocycles. The maximum absolute atomic E-state index is 13.2. The van der Waals surface area contributed by atoms with E-state index in [9.17, 15) is 9.59 Å². The zero-order valence-corrected chi connectivity index (χ0v) is 19.7. The first-order chi connectivity index (χ1) is 16.8. The van der Waals surface area contributed by atoms with Crippen molar-refractivity contribution in [3.63, 3.8) is 0 Å². The van der Waals surface area contributed by atoms with Gasteiger partial charge in [-0.05, 0) is 38.7 Å². The molecule has 0 radical (unpaired) electrons. The number of nitrogens with one attached hydrogen (secondary N) is 1. The molecule has 4 aromatic rings. The van der Waals surface area contributed by atoms with Crippen LogP contribution >= 0.6 is 0 Å². The van der Waals surface area contributed by atoms with Crippen molar-refractivity contribution in [3.05, 3.63) is 54.0 Å². The van der Waals surface area contributed by atoms with Crippen LogP contribution in [0.1, 0.15) is 22.0 Å². The Balaban J connectivity index is 1.38. The van der Waals surface area contributed by atoms with Gasteiger partial charge in [0.05, 0.1) is 17.0 Å². The van der Waals surface area contributed by atoms with Gasteiger partial charge in [-0.2, -0.15) is 4.98 Å². The van der Waals surface area contributed by atoms with Crippen LogP contribution in [0.25, 0.3) is 22.1 Å². The summed E-state index contributed by atoms with van der Waals surface area (Å²) in [5.74, 6) is -0.277. The lowest BCUT2D eigenvalue weighted by molar-refractivity contribution is -0.131. The van der Waals surface area contributed by atoms with Gasteiger partial charge in [-0.25, -0.2) is 9.97 Å². The van der Waals surface area contributed by atoms with Gasteiger partial charge in [0.25, 0.3) is 5.91 Å². The largest absolute Gasteiger partial charge is 0.423 e. The second-order valence-electron chi connectivity index (χ2n) is 8.91. The lowest BCUT2D eigenvalue weighted by Crippen LogP contribution is -2.50. The van der Waals surface area contributed by atoms with Crippen LogP contribution in [0.2, 0.25) is 0 Å². The molecular weight excluding hydrogens is 448 g/mol. The number of hydrogen-bond donors (Lipinski definition) is 2. The number of fused-ring (bicyclic) bond motifs is 2. The second-order valence-corrected chi connectivity index (χ2v) is 8.91. The maximum Gasteiger partial charge on any atom is 0.302 e. The molecular formula is C24H26N8O3. The number of benzene rings is 1. The molecule has 3 N–H and O–H groups in total. The molecule has 180 valence electrons. The Morgan fingerprint density at radius 2 is 2.09 bits per heavy atom. The maximum atomic E-state index is 13.2. The Labute approximate surface area is 201 Å². The monoisotopic (exact) mass is 474 g/mol. The summed E-state index contributed by atoms with van der Waals surface area (Å²) in [6, 6.07) is 5.66. The van der Waals surface area contributed by atoms with E-state index in [4.69, 9.17) is 10.2 Å². The molecule has 11 nitrogen and oxygen atoms in total. The van der Waals surface area contributed by atoms with E-state index in [0.29, 0.717) is 47.3 Å². The molecule has 1 saturated heterocycles. The highest BCUT2D eigenvalue weighted by Gasteiger charge is 2.33. The number of likely N-dealkylation sites (N-methyl/N-ethyl adjacent to an activating group) is 1. The third-order valence-electron chi connectivity index (χ3n) is 5.95. The van der Waals surface area contributed by atoms with Crippen LogP contribution in [0.4, 0.5) is 11.8 Å². The van der Waals surface area contributed by atoms with Gasteiger partial charge < -0.3 is 24.5 Å². The third-order valence-corrected chi connectivity index (χ3v) is 5.95. The number of hydrogen-bond acceptors (Lipinski definition) is 8. The smallest absolute Gasteiger partial charge is 0.302 e. The van der Waals surface area contributed by atoms with Crippen molar-refractivity contribution in [1.29, 1.82) is 0 Å². The summed E-state index contributed by atoms with van der Waals surface area (Å²) in [7, 11) is 3.89. The average molecular weight is 475 g/mol.